The third-order valence-electron chi connectivity index (χ3n) is 8.72. The minimum absolute atomic E-state index is 0.0238. The molecule has 0 spiro atoms. The fourth-order valence-corrected chi connectivity index (χ4v) is 6.29. The summed E-state index contributed by atoms with van der Waals surface area (Å²) in [5.74, 6) is 1.43. The van der Waals surface area contributed by atoms with Gasteiger partial charge in [-0.15, -0.1) is 0 Å². The SMILES string of the molecule is CC.CC.CC1CCC(C=O)C(C(=O)OC2CCC(C(C)(C)C3CCC(O)CC3)CC2)CC1. The first-order valence-electron chi connectivity index (χ1n) is 14.1. The number of aldehydes is 1. The molecule has 0 radical (unpaired) electrons. The van der Waals surface area contributed by atoms with E-state index in [1.807, 2.05) is 27.7 Å². The van der Waals surface area contributed by atoms with Gasteiger partial charge in [0, 0.05) is 5.92 Å². The smallest absolute Gasteiger partial charge is 0.309 e. The number of rotatable bonds is 5. The van der Waals surface area contributed by atoms with Crippen LogP contribution in [-0.2, 0) is 14.3 Å². The molecule has 3 fully saturated rings. The summed E-state index contributed by atoms with van der Waals surface area (Å²) in [5.41, 5.74) is 0.287. The summed E-state index contributed by atoms with van der Waals surface area (Å²) in [6.07, 6.45) is 12.9. The Bertz CT molecular complexity index is 542. The van der Waals surface area contributed by atoms with Crippen molar-refractivity contribution in [2.45, 2.75) is 138 Å². The number of ether oxygens (including phenoxy) is 1. The van der Waals surface area contributed by atoms with Crippen LogP contribution in [0, 0.1) is 35.0 Å². The van der Waals surface area contributed by atoms with E-state index in [4.69, 9.17) is 4.74 Å². The highest BCUT2D eigenvalue weighted by Gasteiger charge is 2.41. The number of aliphatic hydroxyl groups is 1. The number of carbonyl (C=O) groups is 2. The largest absolute Gasteiger partial charge is 0.462 e. The molecule has 0 bridgehead atoms. The molecule has 0 heterocycles. The maximum Gasteiger partial charge on any atom is 0.309 e. The third-order valence-corrected chi connectivity index (χ3v) is 8.72. The average Bonchev–Trinajstić information content (AvgIpc) is 3.03. The molecule has 0 aromatic rings. The Morgan fingerprint density at radius 2 is 1.27 bits per heavy atom. The van der Waals surface area contributed by atoms with Crippen LogP contribution < -0.4 is 0 Å². The zero-order valence-corrected chi connectivity index (χ0v) is 22.8. The molecule has 3 atom stereocenters. The lowest BCUT2D eigenvalue weighted by Gasteiger charge is -2.46. The molecular formula is C29H54O4. The van der Waals surface area contributed by atoms with E-state index in [0.29, 0.717) is 17.8 Å². The highest BCUT2D eigenvalue weighted by atomic mass is 16.5. The Morgan fingerprint density at radius 3 is 1.79 bits per heavy atom. The van der Waals surface area contributed by atoms with Crippen LogP contribution in [0.4, 0.5) is 0 Å². The monoisotopic (exact) mass is 466 g/mol. The van der Waals surface area contributed by atoms with Gasteiger partial charge in [0.05, 0.1) is 12.0 Å². The lowest BCUT2D eigenvalue weighted by Crippen LogP contribution is -2.39. The molecule has 3 aliphatic rings. The zero-order chi connectivity index (χ0) is 25.0. The number of esters is 1. The van der Waals surface area contributed by atoms with Crippen molar-refractivity contribution in [2.24, 2.45) is 35.0 Å². The molecule has 0 amide bonds. The first kappa shape index (κ1) is 30.1. The van der Waals surface area contributed by atoms with E-state index < -0.39 is 0 Å². The molecule has 0 aromatic heterocycles. The minimum atomic E-state index is -0.236. The lowest BCUT2D eigenvalue weighted by atomic mass is 9.60. The molecule has 33 heavy (non-hydrogen) atoms. The van der Waals surface area contributed by atoms with Gasteiger partial charge in [-0.25, -0.2) is 0 Å². The summed E-state index contributed by atoms with van der Waals surface area (Å²) in [4.78, 5) is 24.4. The van der Waals surface area contributed by atoms with E-state index >= 15 is 0 Å². The molecule has 1 N–H and O–H groups in total. The maximum atomic E-state index is 12.8. The second kappa shape index (κ2) is 15.2. The molecule has 0 saturated heterocycles. The Kier molecular flexibility index (Phi) is 13.8. The fraction of sp³-hybridized carbons (Fsp3) is 0.931. The van der Waals surface area contributed by atoms with Crippen molar-refractivity contribution >= 4 is 12.3 Å². The van der Waals surface area contributed by atoms with E-state index in [1.54, 1.807) is 0 Å². The van der Waals surface area contributed by atoms with Crippen LogP contribution in [0.2, 0.25) is 0 Å². The van der Waals surface area contributed by atoms with Crippen LogP contribution in [0.3, 0.4) is 0 Å². The number of hydrogen-bond donors (Lipinski definition) is 1. The second-order valence-corrected chi connectivity index (χ2v) is 10.9. The molecule has 3 unspecified atom stereocenters. The zero-order valence-electron chi connectivity index (χ0n) is 22.8. The van der Waals surface area contributed by atoms with Gasteiger partial charge in [-0.2, -0.15) is 0 Å². The average molecular weight is 467 g/mol. The van der Waals surface area contributed by atoms with E-state index in [9.17, 15) is 14.7 Å². The quantitative estimate of drug-likeness (QED) is 0.261. The van der Waals surface area contributed by atoms with Gasteiger partial charge in [0.1, 0.15) is 12.4 Å². The van der Waals surface area contributed by atoms with Gasteiger partial charge >= 0.3 is 5.97 Å². The van der Waals surface area contributed by atoms with Crippen molar-refractivity contribution in [3.63, 3.8) is 0 Å². The summed E-state index contributed by atoms with van der Waals surface area (Å²) < 4.78 is 5.94. The van der Waals surface area contributed by atoms with Gasteiger partial charge in [-0.1, -0.05) is 54.9 Å². The minimum Gasteiger partial charge on any atom is -0.462 e. The van der Waals surface area contributed by atoms with Crippen LogP contribution in [0.25, 0.3) is 0 Å². The molecule has 194 valence electrons. The van der Waals surface area contributed by atoms with Gasteiger partial charge < -0.3 is 14.6 Å². The van der Waals surface area contributed by atoms with Crippen molar-refractivity contribution in [1.29, 1.82) is 0 Å². The Morgan fingerprint density at radius 1 is 0.788 bits per heavy atom. The summed E-state index contributed by atoms with van der Waals surface area (Å²) in [6, 6.07) is 0. The van der Waals surface area contributed by atoms with Crippen LogP contribution in [0.5, 0.6) is 0 Å². The molecule has 4 nitrogen and oxygen atoms in total. The van der Waals surface area contributed by atoms with E-state index in [1.165, 1.54) is 0 Å². The van der Waals surface area contributed by atoms with Gasteiger partial charge in [-0.3, -0.25) is 4.79 Å². The number of aliphatic hydroxyl groups excluding tert-OH is 1. The molecule has 0 aromatic carbocycles. The normalized spacial score (nSPS) is 35.0. The van der Waals surface area contributed by atoms with Gasteiger partial charge in [-0.05, 0) is 93.8 Å². The Hall–Kier alpha value is -0.900. The fourth-order valence-electron chi connectivity index (χ4n) is 6.29. The second-order valence-electron chi connectivity index (χ2n) is 10.9. The van der Waals surface area contributed by atoms with Crippen LogP contribution in [-0.4, -0.2) is 29.6 Å². The number of carbonyl (C=O) groups excluding carboxylic acids is 2. The van der Waals surface area contributed by atoms with E-state index in [2.05, 4.69) is 20.8 Å². The van der Waals surface area contributed by atoms with E-state index in [0.717, 1.165) is 83.3 Å². The van der Waals surface area contributed by atoms with E-state index in [-0.39, 0.29) is 35.4 Å². The Labute approximate surface area is 204 Å². The van der Waals surface area contributed by atoms with Crippen molar-refractivity contribution in [2.75, 3.05) is 0 Å². The third kappa shape index (κ3) is 8.67. The highest BCUT2D eigenvalue weighted by Crippen LogP contribution is 2.48. The molecule has 3 saturated carbocycles. The molecular weight excluding hydrogens is 412 g/mol. The molecule has 0 aliphatic heterocycles. The van der Waals surface area contributed by atoms with Crippen molar-refractivity contribution in [3.05, 3.63) is 0 Å². The standard InChI is InChI=1S/C25H42O4.2C2H6/c1-17-4-6-18(16-26)23(15-5-17)24(28)29-22-13-9-20(10-14-22)25(2,3)19-7-11-21(27)12-8-19;2*1-2/h16-23,27H,4-15H2,1-3H3;2*1-2H3. The summed E-state index contributed by atoms with van der Waals surface area (Å²) in [6.45, 7) is 15.0. The van der Waals surface area contributed by atoms with Crippen molar-refractivity contribution < 1.29 is 19.4 Å². The Balaban J connectivity index is 0.00000129. The maximum absolute atomic E-state index is 12.8. The number of hydrogen-bond acceptors (Lipinski definition) is 4. The van der Waals surface area contributed by atoms with Gasteiger partial charge in [0.2, 0.25) is 0 Å². The summed E-state index contributed by atoms with van der Waals surface area (Å²) in [7, 11) is 0. The predicted molar refractivity (Wildman–Crippen MR) is 137 cm³/mol. The van der Waals surface area contributed by atoms with Crippen LogP contribution >= 0.6 is 0 Å². The molecule has 3 rings (SSSR count). The van der Waals surface area contributed by atoms with Gasteiger partial charge in [0.25, 0.3) is 0 Å². The molecule has 4 heteroatoms. The first-order chi connectivity index (χ1) is 15.8. The van der Waals surface area contributed by atoms with Crippen LogP contribution in [0.1, 0.15) is 126 Å². The van der Waals surface area contributed by atoms with Crippen molar-refractivity contribution in [1.82, 2.24) is 0 Å². The summed E-state index contributed by atoms with van der Waals surface area (Å²) in [5, 5.41) is 9.83. The summed E-state index contributed by atoms with van der Waals surface area (Å²) >= 11 is 0. The predicted octanol–water partition coefficient (Wildman–Crippen LogP) is 7.36. The van der Waals surface area contributed by atoms with Crippen molar-refractivity contribution in [3.8, 4) is 0 Å². The lowest BCUT2D eigenvalue weighted by molar-refractivity contribution is -0.159. The van der Waals surface area contributed by atoms with Crippen LogP contribution in [0.15, 0.2) is 0 Å². The first-order valence-corrected chi connectivity index (χ1v) is 14.1. The topological polar surface area (TPSA) is 63.6 Å². The molecule has 3 aliphatic carbocycles. The van der Waals surface area contributed by atoms with Gasteiger partial charge in [0.15, 0.2) is 0 Å². The highest BCUT2D eigenvalue weighted by molar-refractivity contribution is 5.77.